The Morgan fingerprint density at radius 3 is 2.17 bits per heavy atom. The highest BCUT2D eigenvalue weighted by Crippen LogP contribution is 2.27. The van der Waals surface area contributed by atoms with Gasteiger partial charge in [0, 0.05) is 11.1 Å². The van der Waals surface area contributed by atoms with Crippen LogP contribution in [0, 0.1) is 0 Å². The van der Waals surface area contributed by atoms with Gasteiger partial charge in [0.15, 0.2) is 0 Å². The fourth-order valence-electron chi connectivity index (χ4n) is 3.60. The maximum Gasteiger partial charge on any atom is 0.289 e. The van der Waals surface area contributed by atoms with Crippen LogP contribution in [-0.4, -0.2) is 22.3 Å². The number of rotatable bonds is 4. The van der Waals surface area contributed by atoms with E-state index < -0.39 is 0 Å². The second-order valence-corrected chi connectivity index (χ2v) is 6.96. The summed E-state index contributed by atoms with van der Waals surface area (Å²) in [5.74, 6) is -0.342. The summed E-state index contributed by atoms with van der Waals surface area (Å²) in [6, 6.07) is 29.9. The minimum absolute atomic E-state index is 0.342. The van der Waals surface area contributed by atoms with Crippen LogP contribution in [0.2, 0.25) is 0 Å². The fraction of sp³-hybridized carbons (Fsp3) is 0. The predicted octanol–water partition coefficient (Wildman–Crippen LogP) is 5.15. The largest absolute Gasteiger partial charge is 0.289 e. The van der Waals surface area contributed by atoms with Gasteiger partial charge in [0.2, 0.25) is 0 Å². The van der Waals surface area contributed by atoms with E-state index in [4.69, 9.17) is 0 Å². The Balaban J connectivity index is 1.43. The van der Waals surface area contributed by atoms with E-state index in [2.05, 4.69) is 51.1 Å². The number of hydrogen-bond donors (Lipinski definition) is 2. The zero-order valence-corrected chi connectivity index (χ0v) is 16.0. The second-order valence-electron chi connectivity index (χ2n) is 6.96. The van der Waals surface area contributed by atoms with Gasteiger partial charge in [-0.25, -0.2) is 5.43 Å². The number of aromatic amines is 1. The lowest BCUT2D eigenvalue weighted by Gasteiger charge is -2.07. The molecule has 0 radical (unpaired) electrons. The van der Waals surface area contributed by atoms with E-state index in [1.807, 2.05) is 54.6 Å². The molecule has 0 saturated heterocycles. The summed E-state index contributed by atoms with van der Waals surface area (Å²) in [5, 5.41) is 15.7. The van der Waals surface area contributed by atoms with Gasteiger partial charge in [-0.2, -0.15) is 10.2 Å². The van der Waals surface area contributed by atoms with Gasteiger partial charge in [0.25, 0.3) is 5.91 Å². The number of nitrogens with zero attached hydrogens (tertiary/aromatic N) is 2. The highest BCUT2D eigenvalue weighted by atomic mass is 16.2. The van der Waals surface area contributed by atoms with Crippen molar-refractivity contribution in [1.82, 2.24) is 15.6 Å². The topological polar surface area (TPSA) is 70.1 Å². The number of benzene rings is 4. The van der Waals surface area contributed by atoms with Gasteiger partial charge in [-0.3, -0.25) is 9.89 Å². The SMILES string of the molecule is O=C(N/N=C\c1c2ccccc2cc2ccccc12)c1cc(-c2ccccc2)n[nH]1. The van der Waals surface area contributed by atoms with E-state index >= 15 is 0 Å². The number of carbonyl (C=O) groups excluding carboxylic acids is 1. The molecule has 0 saturated carbocycles. The van der Waals surface area contributed by atoms with Gasteiger partial charge in [-0.05, 0) is 33.7 Å². The number of fused-ring (bicyclic) bond motifs is 2. The molecule has 5 nitrogen and oxygen atoms in total. The molecule has 0 aliphatic heterocycles. The van der Waals surface area contributed by atoms with Gasteiger partial charge in [0.05, 0.1) is 11.9 Å². The van der Waals surface area contributed by atoms with Crippen LogP contribution in [0.25, 0.3) is 32.8 Å². The quantitative estimate of drug-likeness (QED) is 0.253. The molecule has 0 bridgehead atoms. The Bertz CT molecular complexity index is 1330. The number of amides is 1. The molecule has 4 aromatic carbocycles. The Labute approximate surface area is 173 Å². The van der Waals surface area contributed by atoms with Crippen molar-refractivity contribution in [3.8, 4) is 11.3 Å². The predicted molar refractivity (Wildman–Crippen MR) is 121 cm³/mol. The number of H-pyrrole nitrogens is 1. The summed E-state index contributed by atoms with van der Waals surface area (Å²) in [7, 11) is 0. The molecule has 0 aliphatic carbocycles. The molecule has 0 unspecified atom stereocenters. The van der Waals surface area contributed by atoms with Crippen LogP contribution in [0.15, 0.2) is 96.1 Å². The second kappa shape index (κ2) is 7.64. The van der Waals surface area contributed by atoms with Gasteiger partial charge >= 0.3 is 0 Å². The first-order chi connectivity index (χ1) is 14.8. The summed E-state index contributed by atoms with van der Waals surface area (Å²) in [6.45, 7) is 0. The van der Waals surface area contributed by atoms with Crippen molar-refractivity contribution in [1.29, 1.82) is 0 Å². The summed E-state index contributed by atoms with van der Waals surface area (Å²) in [5.41, 5.74) is 5.58. The third-order valence-corrected chi connectivity index (χ3v) is 5.06. The number of carbonyl (C=O) groups is 1. The maximum atomic E-state index is 12.5. The van der Waals surface area contributed by atoms with Crippen LogP contribution in [0.1, 0.15) is 16.1 Å². The number of aromatic nitrogens is 2. The zero-order chi connectivity index (χ0) is 20.3. The van der Waals surface area contributed by atoms with Crippen molar-refractivity contribution in [3.05, 3.63) is 102 Å². The highest BCUT2D eigenvalue weighted by Gasteiger charge is 2.10. The van der Waals surface area contributed by atoms with Gasteiger partial charge in [-0.1, -0.05) is 78.9 Å². The lowest BCUT2D eigenvalue weighted by atomic mass is 9.97. The first-order valence-electron chi connectivity index (χ1n) is 9.64. The molecule has 1 heterocycles. The standard InChI is InChI=1S/C25H18N4O/c30-25(24-15-23(27-28-24)17-8-2-1-3-9-17)29-26-16-22-20-12-6-4-10-18(20)14-19-11-5-7-13-21(19)22/h1-16H,(H,27,28)(H,29,30)/b26-16-. The van der Waals surface area contributed by atoms with Crippen LogP contribution >= 0.6 is 0 Å². The van der Waals surface area contributed by atoms with Crippen LogP contribution in [0.3, 0.4) is 0 Å². The van der Waals surface area contributed by atoms with E-state index in [9.17, 15) is 4.79 Å². The zero-order valence-electron chi connectivity index (χ0n) is 16.0. The van der Waals surface area contributed by atoms with Crippen LogP contribution in [0.4, 0.5) is 0 Å². The lowest BCUT2D eigenvalue weighted by molar-refractivity contribution is 0.0950. The molecule has 1 aromatic heterocycles. The molecule has 1 amide bonds. The van der Waals surface area contributed by atoms with Crippen molar-refractivity contribution in [2.75, 3.05) is 0 Å². The van der Waals surface area contributed by atoms with Crippen LogP contribution in [-0.2, 0) is 0 Å². The Kier molecular flexibility index (Phi) is 4.54. The van der Waals surface area contributed by atoms with Crippen molar-refractivity contribution in [2.24, 2.45) is 5.10 Å². The average Bonchev–Trinajstić information content (AvgIpc) is 3.30. The minimum Gasteiger partial charge on any atom is -0.272 e. The van der Waals surface area contributed by atoms with Crippen molar-refractivity contribution in [2.45, 2.75) is 0 Å². The number of hydrazone groups is 1. The summed E-state index contributed by atoms with van der Waals surface area (Å²) in [6.07, 6.45) is 1.71. The monoisotopic (exact) mass is 390 g/mol. The lowest BCUT2D eigenvalue weighted by Crippen LogP contribution is -2.18. The van der Waals surface area contributed by atoms with E-state index in [0.29, 0.717) is 11.4 Å². The Morgan fingerprint density at radius 1 is 0.833 bits per heavy atom. The molecule has 144 valence electrons. The number of hydrogen-bond acceptors (Lipinski definition) is 3. The molecule has 5 rings (SSSR count). The molecule has 0 aliphatic rings. The molecular weight excluding hydrogens is 372 g/mol. The molecule has 2 N–H and O–H groups in total. The van der Waals surface area contributed by atoms with E-state index in [0.717, 1.165) is 32.7 Å². The molecule has 0 fully saturated rings. The maximum absolute atomic E-state index is 12.5. The van der Waals surface area contributed by atoms with E-state index in [1.54, 1.807) is 12.3 Å². The smallest absolute Gasteiger partial charge is 0.272 e. The molecule has 30 heavy (non-hydrogen) atoms. The third kappa shape index (κ3) is 3.33. The van der Waals surface area contributed by atoms with E-state index in [-0.39, 0.29) is 5.91 Å². The first kappa shape index (κ1) is 17.8. The van der Waals surface area contributed by atoms with Crippen molar-refractivity contribution >= 4 is 33.7 Å². The fourth-order valence-corrected chi connectivity index (χ4v) is 3.60. The van der Waals surface area contributed by atoms with Crippen molar-refractivity contribution < 1.29 is 4.79 Å². The Morgan fingerprint density at radius 2 is 1.47 bits per heavy atom. The van der Waals surface area contributed by atoms with Crippen LogP contribution < -0.4 is 5.43 Å². The minimum atomic E-state index is -0.342. The summed E-state index contributed by atoms with van der Waals surface area (Å²) < 4.78 is 0. The molecule has 0 spiro atoms. The van der Waals surface area contributed by atoms with Crippen LogP contribution in [0.5, 0.6) is 0 Å². The average molecular weight is 390 g/mol. The summed E-state index contributed by atoms with van der Waals surface area (Å²) >= 11 is 0. The van der Waals surface area contributed by atoms with Gasteiger partial charge in [0.1, 0.15) is 5.69 Å². The van der Waals surface area contributed by atoms with Gasteiger partial charge < -0.3 is 0 Å². The molecular formula is C25H18N4O. The highest BCUT2D eigenvalue weighted by molar-refractivity contribution is 6.13. The normalized spacial score (nSPS) is 11.3. The van der Waals surface area contributed by atoms with Gasteiger partial charge in [-0.15, -0.1) is 0 Å². The molecule has 5 heteroatoms. The number of nitrogens with one attached hydrogen (secondary N) is 2. The Hall–Kier alpha value is -4.25. The van der Waals surface area contributed by atoms with E-state index in [1.165, 1.54) is 0 Å². The molecule has 0 atom stereocenters. The summed E-state index contributed by atoms with van der Waals surface area (Å²) in [4.78, 5) is 12.5. The van der Waals surface area contributed by atoms with Crippen molar-refractivity contribution in [3.63, 3.8) is 0 Å². The first-order valence-corrected chi connectivity index (χ1v) is 9.64. The molecule has 5 aromatic rings. The third-order valence-electron chi connectivity index (χ3n) is 5.06.